The minimum absolute atomic E-state index is 0.0606. The van der Waals surface area contributed by atoms with Crippen LogP contribution in [0.2, 0.25) is 0 Å². The average molecular weight is 420 g/mol. The topological polar surface area (TPSA) is 61.4 Å². The number of nitrogens with one attached hydrogen (secondary N) is 2. The summed E-state index contributed by atoms with van der Waals surface area (Å²) in [6.45, 7) is 7.47. The first-order valence-corrected chi connectivity index (χ1v) is 11.5. The maximum atomic E-state index is 12.9. The molecule has 31 heavy (non-hydrogen) atoms. The fourth-order valence-corrected chi connectivity index (χ4v) is 4.92. The molecule has 2 aromatic rings. The van der Waals surface area contributed by atoms with E-state index in [1.54, 1.807) is 0 Å². The van der Waals surface area contributed by atoms with Crippen molar-refractivity contribution in [1.82, 2.24) is 15.5 Å². The van der Waals surface area contributed by atoms with Gasteiger partial charge in [-0.05, 0) is 54.9 Å². The predicted molar refractivity (Wildman–Crippen MR) is 122 cm³/mol. The Balaban J connectivity index is 1.27. The normalized spacial score (nSPS) is 23.5. The Bertz CT molecular complexity index is 902. The number of hydrogen-bond donors (Lipinski definition) is 2. The van der Waals surface area contributed by atoms with Gasteiger partial charge in [0, 0.05) is 43.7 Å². The minimum atomic E-state index is -0.0606. The summed E-state index contributed by atoms with van der Waals surface area (Å²) in [4.78, 5) is 27.7. The number of piperidine rings is 2. The third-order valence-corrected chi connectivity index (χ3v) is 6.80. The van der Waals surface area contributed by atoms with Gasteiger partial charge in [0.1, 0.15) is 0 Å². The van der Waals surface area contributed by atoms with Crippen LogP contribution in [-0.2, 0) is 17.9 Å². The maximum absolute atomic E-state index is 12.9. The smallest absolute Gasteiger partial charge is 0.251 e. The Labute approximate surface area is 185 Å². The van der Waals surface area contributed by atoms with E-state index in [9.17, 15) is 9.59 Å². The standard InChI is InChI=1S/C26H33N3O2/c1-3-18(2)28-25(30)21-11-7-10-20(12-21)14-27-26(31)24-22-13-23(24)17-29(16-22)15-19-8-5-4-6-9-19/h4-12,18,22-24H,3,13-17H2,1-2H3,(H,27,31)(H,28,30). The number of benzene rings is 2. The highest BCUT2D eigenvalue weighted by atomic mass is 16.2. The number of hydrogen-bond acceptors (Lipinski definition) is 3. The van der Waals surface area contributed by atoms with Crippen LogP contribution in [0.25, 0.3) is 0 Å². The highest BCUT2D eigenvalue weighted by molar-refractivity contribution is 5.94. The van der Waals surface area contributed by atoms with Gasteiger partial charge in [0.05, 0.1) is 0 Å². The fourth-order valence-electron chi connectivity index (χ4n) is 4.92. The molecule has 3 fully saturated rings. The second kappa shape index (κ2) is 9.65. The van der Waals surface area contributed by atoms with Crippen molar-refractivity contribution in [2.45, 2.75) is 45.8 Å². The van der Waals surface area contributed by atoms with Crippen LogP contribution >= 0.6 is 0 Å². The van der Waals surface area contributed by atoms with E-state index in [1.165, 1.54) is 5.56 Å². The van der Waals surface area contributed by atoms with Crippen LogP contribution in [0.15, 0.2) is 54.6 Å². The van der Waals surface area contributed by atoms with Crippen molar-refractivity contribution < 1.29 is 9.59 Å². The van der Waals surface area contributed by atoms with Crippen LogP contribution in [0.3, 0.4) is 0 Å². The molecule has 0 spiro atoms. The second-order valence-electron chi connectivity index (χ2n) is 9.16. The van der Waals surface area contributed by atoms with Gasteiger partial charge in [-0.15, -0.1) is 0 Å². The first-order chi connectivity index (χ1) is 15.0. The van der Waals surface area contributed by atoms with E-state index >= 15 is 0 Å². The van der Waals surface area contributed by atoms with Gasteiger partial charge in [0.2, 0.25) is 5.91 Å². The van der Waals surface area contributed by atoms with E-state index in [0.29, 0.717) is 23.9 Å². The molecular weight excluding hydrogens is 386 g/mol. The molecule has 2 N–H and O–H groups in total. The van der Waals surface area contributed by atoms with Crippen molar-refractivity contribution in [3.05, 3.63) is 71.3 Å². The fraction of sp³-hybridized carbons (Fsp3) is 0.462. The summed E-state index contributed by atoms with van der Waals surface area (Å²) in [5.41, 5.74) is 2.94. The molecule has 5 heteroatoms. The zero-order valence-electron chi connectivity index (χ0n) is 18.5. The lowest BCUT2D eigenvalue weighted by Crippen LogP contribution is -2.59. The Morgan fingerprint density at radius 3 is 2.45 bits per heavy atom. The van der Waals surface area contributed by atoms with Crippen LogP contribution in [0.4, 0.5) is 0 Å². The van der Waals surface area contributed by atoms with Crippen molar-refractivity contribution in [1.29, 1.82) is 0 Å². The Morgan fingerprint density at radius 2 is 1.74 bits per heavy atom. The molecule has 2 aromatic carbocycles. The van der Waals surface area contributed by atoms with E-state index in [0.717, 1.165) is 38.0 Å². The van der Waals surface area contributed by atoms with Crippen molar-refractivity contribution in [2.75, 3.05) is 13.1 Å². The number of rotatable bonds is 8. The van der Waals surface area contributed by atoms with Crippen LogP contribution in [0, 0.1) is 17.8 Å². The molecule has 5 nitrogen and oxygen atoms in total. The van der Waals surface area contributed by atoms with Crippen molar-refractivity contribution in [3.8, 4) is 0 Å². The first kappa shape index (κ1) is 21.6. The second-order valence-corrected chi connectivity index (χ2v) is 9.16. The van der Waals surface area contributed by atoms with Gasteiger partial charge >= 0.3 is 0 Å². The lowest BCUT2D eigenvalue weighted by atomic mass is 9.61. The highest BCUT2D eigenvalue weighted by Crippen LogP contribution is 2.45. The molecule has 1 aliphatic carbocycles. The number of amides is 2. The lowest BCUT2D eigenvalue weighted by molar-refractivity contribution is -0.142. The first-order valence-electron chi connectivity index (χ1n) is 11.5. The monoisotopic (exact) mass is 419 g/mol. The summed E-state index contributed by atoms with van der Waals surface area (Å²) in [7, 11) is 0. The summed E-state index contributed by atoms with van der Waals surface area (Å²) in [6.07, 6.45) is 2.06. The Kier molecular flexibility index (Phi) is 6.71. The summed E-state index contributed by atoms with van der Waals surface area (Å²) in [5.74, 6) is 1.14. The van der Waals surface area contributed by atoms with Crippen molar-refractivity contribution >= 4 is 11.8 Å². The van der Waals surface area contributed by atoms with Gasteiger partial charge < -0.3 is 10.6 Å². The molecule has 0 radical (unpaired) electrons. The lowest BCUT2D eigenvalue weighted by Gasteiger charge is -2.52. The number of fused-ring (bicyclic) bond motifs is 2. The molecule has 2 saturated heterocycles. The van der Waals surface area contributed by atoms with Crippen LogP contribution in [0.1, 0.15) is 48.2 Å². The van der Waals surface area contributed by atoms with Crippen LogP contribution in [0.5, 0.6) is 0 Å². The highest BCUT2D eigenvalue weighted by Gasteiger charge is 2.49. The molecule has 2 bridgehead atoms. The maximum Gasteiger partial charge on any atom is 0.251 e. The van der Waals surface area contributed by atoms with E-state index in [4.69, 9.17) is 0 Å². The van der Waals surface area contributed by atoms with Crippen LogP contribution < -0.4 is 10.6 Å². The number of carbonyl (C=O) groups is 2. The number of nitrogens with zero attached hydrogens (tertiary/aromatic N) is 1. The largest absolute Gasteiger partial charge is 0.352 e. The summed E-state index contributed by atoms with van der Waals surface area (Å²) in [6, 6.07) is 18.2. The molecule has 2 amide bonds. The SMILES string of the molecule is CCC(C)NC(=O)c1cccc(CNC(=O)C2C3CC2CN(Cc2ccccc2)C3)c1. The minimum Gasteiger partial charge on any atom is -0.352 e. The van der Waals surface area contributed by atoms with Crippen molar-refractivity contribution in [3.63, 3.8) is 0 Å². The van der Waals surface area contributed by atoms with E-state index in [2.05, 4.69) is 39.8 Å². The quantitative estimate of drug-likeness (QED) is 0.687. The van der Waals surface area contributed by atoms with Gasteiger partial charge in [-0.2, -0.15) is 0 Å². The van der Waals surface area contributed by atoms with Gasteiger partial charge in [0.25, 0.3) is 5.91 Å². The molecule has 3 aliphatic rings. The molecule has 0 aromatic heterocycles. The zero-order chi connectivity index (χ0) is 21.8. The van der Waals surface area contributed by atoms with Gasteiger partial charge in [0.15, 0.2) is 0 Å². The average Bonchev–Trinajstić information content (AvgIpc) is 2.78. The third-order valence-electron chi connectivity index (χ3n) is 6.80. The van der Waals surface area contributed by atoms with Crippen molar-refractivity contribution in [2.24, 2.45) is 17.8 Å². The molecule has 3 unspecified atom stereocenters. The van der Waals surface area contributed by atoms with E-state index < -0.39 is 0 Å². The zero-order valence-corrected chi connectivity index (χ0v) is 18.5. The molecule has 5 rings (SSSR count). The summed E-state index contributed by atoms with van der Waals surface area (Å²) in [5, 5.41) is 6.11. The van der Waals surface area contributed by atoms with E-state index in [1.807, 2.05) is 44.2 Å². The molecular formula is C26H33N3O2. The molecule has 2 aliphatic heterocycles. The molecule has 1 saturated carbocycles. The van der Waals surface area contributed by atoms with E-state index in [-0.39, 0.29) is 23.8 Å². The van der Waals surface area contributed by atoms with Crippen LogP contribution in [-0.4, -0.2) is 35.8 Å². The van der Waals surface area contributed by atoms with Gasteiger partial charge in [-0.1, -0.05) is 49.4 Å². The predicted octanol–water partition coefficient (Wildman–Crippen LogP) is 3.60. The molecule has 3 atom stereocenters. The summed E-state index contributed by atoms with van der Waals surface area (Å²) < 4.78 is 0. The molecule has 2 heterocycles. The number of carbonyl (C=O) groups excluding carboxylic acids is 2. The van der Waals surface area contributed by atoms with Gasteiger partial charge in [-0.25, -0.2) is 0 Å². The summed E-state index contributed by atoms with van der Waals surface area (Å²) >= 11 is 0. The molecule has 164 valence electrons. The van der Waals surface area contributed by atoms with Gasteiger partial charge in [-0.3, -0.25) is 14.5 Å². The Hall–Kier alpha value is -2.66. The third kappa shape index (κ3) is 5.16. The Morgan fingerprint density at radius 1 is 1.03 bits per heavy atom.